The molecular formula is C17H24O6. The standard InChI is InChI=1S/C17H24O6/c1-9-5-6-14(19)17(4,21)8-13(22-11(3)18)15-10(2)16(20)23-12(15)7-9/h7,12-15,19,21H,2,5-6,8H2,1,3-4H3/t12-,13-,14?,15?,17?/m1/s1. The van der Waals surface area contributed by atoms with Crippen LogP contribution in [0.4, 0.5) is 0 Å². The van der Waals surface area contributed by atoms with Crippen molar-refractivity contribution in [2.24, 2.45) is 5.92 Å². The molecule has 1 fully saturated rings. The smallest absolute Gasteiger partial charge is 0.334 e. The Kier molecular flexibility index (Phi) is 4.96. The molecule has 6 nitrogen and oxygen atoms in total. The largest absolute Gasteiger partial charge is 0.462 e. The summed E-state index contributed by atoms with van der Waals surface area (Å²) >= 11 is 0. The van der Waals surface area contributed by atoms with Crippen LogP contribution in [0.3, 0.4) is 0 Å². The minimum absolute atomic E-state index is 0.00252. The quantitative estimate of drug-likeness (QED) is 0.428. The zero-order chi connectivity index (χ0) is 17.4. The van der Waals surface area contributed by atoms with Crippen molar-refractivity contribution < 1.29 is 29.3 Å². The van der Waals surface area contributed by atoms with Crippen molar-refractivity contribution in [2.45, 2.75) is 63.9 Å². The molecule has 0 bridgehead atoms. The Bertz CT molecular complexity index is 547. The molecule has 1 saturated heterocycles. The first-order chi connectivity index (χ1) is 10.6. The molecule has 0 aromatic rings. The average Bonchev–Trinajstić information content (AvgIpc) is 2.68. The Balaban J connectivity index is 2.44. The Hall–Kier alpha value is -1.66. The Morgan fingerprint density at radius 2 is 2.17 bits per heavy atom. The van der Waals surface area contributed by atoms with Gasteiger partial charge in [-0.1, -0.05) is 12.2 Å². The van der Waals surface area contributed by atoms with Crippen molar-refractivity contribution in [1.29, 1.82) is 0 Å². The molecule has 1 heterocycles. The van der Waals surface area contributed by atoms with E-state index in [1.807, 2.05) is 13.0 Å². The number of allylic oxidation sites excluding steroid dienone is 1. The van der Waals surface area contributed by atoms with Gasteiger partial charge in [-0.3, -0.25) is 4.79 Å². The number of ether oxygens (including phenoxy) is 2. The molecule has 6 heteroatoms. The molecule has 0 radical (unpaired) electrons. The summed E-state index contributed by atoms with van der Waals surface area (Å²) in [5, 5.41) is 20.8. The molecule has 0 amide bonds. The van der Waals surface area contributed by atoms with Crippen molar-refractivity contribution in [3.63, 3.8) is 0 Å². The zero-order valence-electron chi connectivity index (χ0n) is 13.7. The van der Waals surface area contributed by atoms with E-state index in [1.165, 1.54) is 13.8 Å². The third kappa shape index (κ3) is 3.82. The SMILES string of the molecule is C=C1C(=O)O[C@@H]2C=C(C)CCC(O)C(C)(O)C[C@@H](OC(C)=O)C12. The van der Waals surface area contributed by atoms with Gasteiger partial charge in [-0.2, -0.15) is 0 Å². The van der Waals surface area contributed by atoms with Crippen molar-refractivity contribution in [2.75, 3.05) is 0 Å². The lowest BCUT2D eigenvalue weighted by Crippen LogP contribution is -2.46. The maximum atomic E-state index is 11.9. The normalized spacial score (nSPS) is 38.4. The van der Waals surface area contributed by atoms with Crippen LogP contribution in [-0.4, -0.2) is 46.1 Å². The summed E-state index contributed by atoms with van der Waals surface area (Å²) in [6.45, 7) is 8.40. The highest BCUT2D eigenvalue weighted by molar-refractivity contribution is 5.91. The third-order valence-corrected chi connectivity index (χ3v) is 4.57. The summed E-state index contributed by atoms with van der Waals surface area (Å²) in [6.07, 6.45) is 0.402. The van der Waals surface area contributed by atoms with Gasteiger partial charge in [0, 0.05) is 18.9 Å². The van der Waals surface area contributed by atoms with E-state index in [0.717, 1.165) is 5.57 Å². The van der Waals surface area contributed by atoms with Gasteiger partial charge in [-0.25, -0.2) is 4.79 Å². The summed E-state index contributed by atoms with van der Waals surface area (Å²) in [5.41, 5.74) is -0.300. The first kappa shape index (κ1) is 17.7. The van der Waals surface area contributed by atoms with Gasteiger partial charge >= 0.3 is 11.9 Å². The Morgan fingerprint density at radius 1 is 1.52 bits per heavy atom. The monoisotopic (exact) mass is 324 g/mol. The highest BCUT2D eigenvalue weighted by Crippen LogP contribution is 2.38. The number of aliphatic hydroxyl groups excluding tert-OH is 1. The molecule has 0 spiro atoms. The molecule has 128 valence electrons. The van der Waals surface area contributed by atoms with E-state index in [2.05, 4.69) is 6.58 Å². The number of hydrogen-bond donors (Lipinski definition) is 2. The first-order valence-electron chi connectivity index (χ1n) is 7.76. The van der Waals surface area contributed by atoms with Crippen LogP contribution in [0.25, 0.3) is 0 Å². The number of hydrogen-bond acceptors (Lipinski definition) is 6. The second kappa shape index (κ2) is 6.45. The second-order valence-electron chi connectivity index (χ2n) is 6.70. The average molecular weight is 324 g/mol. The van der Waals surface area contributed by atoms with Crippen molar-refractivity contribution in [3.8, 4) is 0 Å². The van der Waals surface area contributed by atoms with Crippen LogP contribution in [0.1, 0.15) is 40.0 Å². The number of esters is 2. The van der Waals surface area contributed by atoms with Gasteiger partial charge in [0.25, 0.3) is 0 Å². The number of aliphatic hydroxyl groups is 2. The van der Waals surface area contributed by atoms with Crippen molar-refractivity contribution in [1.82, 2.24) is 0 Å². The van der Waals surface area contributed by atoms with Crippen LogP contribution in [0, 0.1) is 5.92 Å². The van der Waals surface area contributed by atoms with Crippen molar-refractivity contribution in [3.05, 3.63) is 23.8 Å². The van der Waals surface area contributed by atoms with Gasteiger partial charge in [0.05, 0.1) is 17.6 Å². The fraction of sp³-hybridized carbons (Fsp3) is 0.647. The topological polar surface area (TPSA) is 93.1 Å². The fourth-order valence-electron chi connectivity index (χ4n) is 3.22. The van der Waals surface area contributed by atoms with Crippen LogP contribution >= 0.6 is 0 Å². The van der Waals surface area contributed by atoms with Crippen LogP contribution < -0.4 is 0 Å². The van der Waals surface area contributed by atoms with Gasteiger partial charge in [0.15, 0.2) is 0 Å². The lowest BCUT2D eigenvalue weighted by Gasteiger charge is -2.36. The lowest BCUT2D eigenvalue weighted by molar-refractivity contribution is -0.157. The molecule has 1 aliphatic carbocycles. The predicted octanol–water partition coefficient (Wildman–Crippen LogP) is 1.26. The van der Waals surface area contributed by atoms with Gasteiger partial charge in [-0.05, 0) is 32.8 Å². The lowest BCUT2D eigenvalue weighted by atomic mass is 9.79. The van der Waals surface area contributed by atoms with Crippen LogP contribution in [0.15, 0.2) is 23.8 Å². The number of fused-ring (bicyclic) bond motifs is 1. The van der Waals surface area contributed by atoms with Gasteiger partial charge in [0.1, 0.15) is 12.2 Å². The minimum atomic E-state index is -1.45. The molecule has 2 N–H and O–H groups in total. The van der Waals surface area contributed by atoms with E-state index in [1.54, 1.807) is 0 Å². The molecule has 0 aromatic heterocycles. The van der Waals surface area contributed by atoms with E-state index in [-0.39, 0.29) is 12.0 Å². The van der Waals surface area contributed by atoms with E-state index in [0.29, 0.717) is 12.8 Å². The highest BCUT2D eigenvalue weighted by Gasteiger charge is 2.47. The summed E-state index contributed by atoms with van der Waals surface area (Å²) < 4.78 is 10.7. The number of rotatable bonds is 1. The van der Waals surface area contributed by atoms with Gasteiger partial charge in [-0.15, -0.1) is 0 Å². The second-order valence-corrected chi connectivity index (χ2v) is 6.70. The predicted molar refractivity (Wildman–Crippen MR) is 82.3 cm³/mol. The molecule has 23 heavy (non-hydrogen) atoms. The summed E-state index contributed by atoms with van der Waals surface area (Å²) in [6, 6.07) is 0. The van der Waals surface area contributed by atoms with Crippen molar-refractivity contribution >= 4 is 11.9 Å². The third-order valence-electron chi connectivity index (χ3n) is 4.57. The first-order valence-corrected chi connectivity index (χ1v) is 7.76. The molecule has 0 aromatic carbocycles. The number of carbonyl (C=O) groups is 2. The number of carbonyl (C=O) groups excluding carboxylic acids is 2. The maximum Gasteiger partial charge on any atom is 0.334 e. The molecule has 1 aliphatic heterocycles. The minimum Gasteiger partial charge on any atom is -0.462 e. The Labute approximate surface area is 135 Å². The molecule has 2 rings (SSSR count). The van der Waals surface area contributed by atoms with E-state index in [9.17, 15) is 19.8 Å². The fourth-order valence-corrected chi connectivity index (χ4v) is 3.22. The summed E-state index contributed by atoms with van der Waals surface area (Å²) in [4.78, 5) is 23.4. The summed E-state index contributed by atoms with van der Waals surface area (Å²) in [5.74, 6) is -1.62. The molecule has 5 atom stereocenters. The van der Waals surface area contributed by atoms with Gasteiger partial charge in [0.2, 0.25) is 0 Å². The Morgan fingerprint density at radius 3 is 2.78 bits per heavy atom. The van der Waals surface area contributed by atoms with E-state index >= 15 is 0 Å². The highest BCUT2D eigenvalue weighted by atomic mass is 16.6. The maximum absolute atomic E-state index is 11.9. The van der Waals surface area contributed by atoms with E-state index < -0.39 is 41.8 Å². The van der Waals surface area contributed by atoms with Gasteiger partial charge < -0.3 is 19.7 Å². The van der Waals surface area contributed by atoms with E-state index in [4.69, 9.17) is 9.47 Å². The zero-order valence-corrected chi connectivity index (χ0v) is 13.7. The molecule has 2 aliphatic rings. The molecule has 3 unspecified atom stereocenters. The van der Waals surface area contributed by atoms with Crippen LogP contribution in [0.5, 0.6) is 0 Å². The molecular weight excluding hydrogens is 300 g/mol. The molecule has 0 saturated carbocycles. The summed E-state index contributed by atoms with van der Waals surface area (Å²) in [7, 11) is 0. The van der Waals surface area contributed by atoms with Crippen LogP contribution in [-0.2, 0) is 19.1 Å². The van der Waals surface area contributed by atoms with Crippen LogP contribution in [0.2, 0.25) is 0 Å².